The van der Waals surface area contributed by atoms with Crippen LogP contribution in [0.25, 0.3) is 5.65 Å². The minimum Gasteiger partial charge on any atom is -0.370 e. The van der Waals surface area contributed by atoms with Crippen molar-refractivity contribution in [2.24, 2.45) is 0 Å². The van der Waals surface area contributed by atoms with Crippen LogP contribution in [0, 0.1) is 12.7 Å². The van der Waals surface area contributed by atoms with Gasteiger partial charge in [-0.1, -0.05) is 17.7 Å². The van der Waals surface area contributed by atoms with Crippen molar-refractivity contribution in [2.75, 3.05) is 38.1 Å². The molecule has 31 heavy (non-hydrogen) atoms. The second-order valence-corrected chi connectivity index (χ2v) is 8.60. The first-order valence-electron chi connectivity index (χ1n) is 10.3. The Morgan fingerprint density at radius 3 is 3.03 bits per heavy atom. The van der Waals surface area contributed by atoms with Gasteiger partial charge in [0.15, 0.2) is 5.65 Å². The Kier molecular flexibility index (Phi) is 5.08. The summed E-state index contributed by atoms with van der Waals surface area (Å²) in [6.07, 6.45) is 5.97. The molecule has 1 spiro atoms. The van der Waals surface area contributed by atoms with E-state index in [0.29, 0.717) is 36.6 Å². The van der Waals surface area contributed by atoms with E-state index in [1.807, 2.05) is 6.92 Å². The highest BCUT2D eigenvalue weighted by molar-refractivity contribution is 6.37. The van der Waals surface area contributed by atoms with E-state index >= 15 is 0 Å². The van der Waals surface area contributed by atoms with Crippen molar-refractivity contribution < 1.29 is 13.9 Å². The quantitative estimate of drug-likeness (QED) is 0.649. The molecule has 0 aliphatic carbocycles. The Labute approximate surface area is 184 Å². The Balaban J connectivity index is 1.49. The van der Waals surface area contributed by atoms with E-state index in [-0.39, 0.29) is 22.2 Å². The number of halogens is 2. The van der Waals surface area contributed by atoms with Crippen LogP contribution in [0.3, 0.4) is 0 Å². The zero-order valence-corrected chi connectivity index (χ0v) is 17.9. The number of benzene rings is 1. The number of aromatic nitrogens is 2. The topological polar surface area (TPSA) is 70.9 Å². The number of nitrogens with zero attached hydrogens (tertiary/aromatic N) is 3. The highest BCUT2D eigenvalue weighted by Gasteiger charge is 2.47. The van der Waals surface area contributed by atoms with E-state index in [0.717, 1.165) is 25.1 Å². The number of amides is 1. The Bertz CT molecular complexity index is 1150. The maximum Gasteiger partial charge on any atom is 0.257 e. The molecule has 2 aliphatic rings. The van der Waals surface area contributed by atoms with Crippen LogP contribution >= 0.6 is 11.6 Å². The third kappa shape index (κ3) is 3.64. The minimum absolute atomic E-state index is 0.189. The van der Waals surface area contributed by atoms with Gasteiger partial charge in [-0.2, -0.15) is 0 Å². The monoisotopic (exact) mass is 443 g/mol. The van der Waals surface area contributed by atoms with E-state index in [2.05, 4.69) is 15.6 Å². The molecule has 2 aromatic heterocycles. The standard InChI is InChI=1S/C22H23ClFN5O2/c1-14-3-4-17(16(24)9-14)27-19-15(10-28-7-6-26-20(28)18(19)23)21(30)29-12-22(13-29)11-25-5-2-8-31-22/h3-4,6-7,9-10,25,27H,2,5,8,11-13H2,1H3. The molecule has 2 aliphatic heterocycles. The molecule has 9 heteroatoms. The molecule has 7 nitrogen and oxygen atoms in total. The number of imidazole rings is 1. The van der Waals surface area contributed by atoms with Crippen LogP contribution in [0.5, 0.6) is 0 Å². The number of ether oxygens (including phenoxy) is 1. The number of carbonyl (C=O) groups excluding carboxylic acids is 1. The second kappa shape index (κ2) is 7.78. The van der Waals surface area contributed by atoms with Crippen molar-refractivity contribution >= 4 is 34.5 Å². The van der Waals surface area contributed by atoms with Crippen molar-refractivity contribution in [3.8, 4) is 0 Å². The van der Waals surface area contributed by atoms with Gasteiger partial charge < -0.3 is 24.7 Å². The molecule has 5 rings (SSSR count). The minimum atomic E-state index is -0.418. The van der Waals surface area contributed by atoms with Crippen LogP contribution in [-0.4, -0.2) is 58.6 Å². The molecule has 0 radical (unpaired) electrons. The van der Waals surface area contributed by atoms with Crippen LogP contribution < -0.4 is 10.6 Å². The summed E-state index contributed by atoms with van der Waals surface area (Å²) in [7, 11) is 0. The summed E-state index contributed by atoms with van der Waals surface area (Å²) < 4.78 is 22.2. The molecule has 2 N–H and O–H groups in total. The molecule has 3 aromatic rings. The Morgan fingerprint density at radius 1 is 1.39 bits per heavy atom. The average Bonchev–Trinajstić information content (AvgIpc) is 3.05. The molecule has 1 aromatic carbocycles. The van der Waals surface area contributed by atoms with Crippen LogP contribution in [0.4, 0.5) is 15.8 Å². The number of carbonyl (C=O) groups is 1. The molecule has 0 atom stereocenters. The number of hydrogen-bond donors (Lipinski definition) is 2. The van der Waals surface area contributed by atoms with Gasteiger partial charge in [-0.05, 0) is 37.6 Å². The molecule has 1 amide bonds. The largest absolute Gasteiger partial charge is 0.370 e. The predicted octanol–water partition coefficient (Wildman–Crippen LogP) is 3.38. The fourth-order valence-corrected chi connectivity index (χ4v) is 4.48. The highest BCUT2D eigenvalue weighted by atomic mass is 35.5. The fraction of sp³-hybridized carbons (Fsp3) is 0.364. The summed E-state index contributed by atoms with van der Waals surface area (Å²) in [6, 6.07) is 4.86. The number of aryl methyl sites for hydroxylation is 1. The van der Waals surface area contributed by atoms with Crippen molar-refractivity contribution in [3.05, 3.63) is 58.8 Å². The van der Waals surface area contributed by atoms with Crippen molar-refractivity contribution in [1.82, 2.24) is 19.6 Å². The SMILES string of the molecule is Cc1ccc(Nc2c(C(=O)N3CC4(CNCCCO4)C3)cn3ccnc3c2Cl)c(F)c1. The number of nitrogens with one attached hydrogen (secondary N) is 2. The zero-order valence-electron chi connectivity index (χ0n) is 17.1. The van der Waals surface area contributed by atoms with Gasteiger partial charge in [0.1, 0.15) is 16.4 Å². The Morgan fingerprint density at radius 2 is 2.23 bits per heavy atom. The van der Waals surface area contributed by atoms with Gasteiger partial charge in [-0.3, -0.25) is 4.79 Å². The third-order valence-electron chi connectivity index (χ3n) is 5.84. The summed E-state index contributed by atoms with van der Waals surface area (Å²) in [6.45, 7) is 5.13. The lowest BCUT2D eigenvalue weighted by Crippen LogP contribution is -2.68. The lowest BCUT2D eigenvalue weighted by Gasteiger charge is -2.49. The zero-order chi connectivity index (χ0) is 21.6. The van der Waals surface area contributed by atoms with Crippen LogP contribution in [-0.2, 0) is 4.74 Å². The molecule has 0 unspecified atom stereocenters. The number of hydrogen-bond acceptors (Lipinski definition) is 5. The van der Waals surface area contributed by atoms with Gasteiger partial charge >= 0.3 is 0 Å². The maximum absolute atomic E-state index is 14.5. The molecule has 0 bridgehead atoms. The molecule has 0 saturated carbocycles. The van der Waals surface area contributed by atoms with Gasteiger partial charge in [0.2, 0.25) is 0 Å². The summed E-state index contributed by atoms with van der Waals surface area (Å²) >= 11 is 6.62. The summed E-state index contributed by atoms with van der Waals surface area (Å²) in [4.78, 5) is 19.4. The first kappa shape index (κ1) is 20.2. The van der Waals surface area contributed by atoms with Crippen molar-refractivity contribution in [3.63, 3.8) is 0 Å². The Hall–Kier alpha value is -2.68. The number of rotatable bonds is 3. The van der Waals surface area contributed by atoms with E-state index < -0.39 is 5.82 Å². The van der Waals surface area contributed by atoms with Gasteiger partial charge in [-0.25, -0.2) is 9.37 Å². The normalized spacial score (nSPS) is 18.1. The maximum atomic E-state index is 14.5. The predicted molar refractivity (Wildman–Crippen MR) is 117 cm³/mol. The number of anilines is 2. The number of pyridine rings is 1. The van der Waals surface area contributed by atoms with E-state index in [9.17, 15) is 9.18 Å². The molecule has 4 heterocycles. The lowest BCUT2D eigenvalue weighted by atomic mass is 9.92. The summed E-state index contributed by atoms with van der Waals surface area (Å²) in [5.41, 5.74) is 1.89. The van der Waals surface area contributed by atoms with Gasteiger partial charge in [0, 0.05) is 31.7 Å². The first-order valence-corrected chi connectivity index (χ1v) is 10.7. The summed E-state index contributed by atoms with van der Waals surface area (Å²) in [5.74, 6) is -0.607. The van der Waals surface area contributed by atoms with Gasteiger partial charge in [0.25, 0.3) is 5.91 Å². The third-order valence-corrected chi connectivity index (χ3v) is 6.19. The molecule has 162 valence electrons. The molecular weight excluding hydrogens is 421 g/mol. The van der Waals surface area contributed by atoms with Crippen LogP contribution in [0.15, 0.2) is 36.8 Å². The van der Waals surface area contributed by atoms with E-state index in [1.165, 1.54) is 6.07 Å². The number of fused-ring (bicyclic) bond motifs is 1. The second-order valence-electron chi connectivity index (χ2n) is 8.22. The van der Waals surface area contributed by atoms with Crippen molar-refractivity contribution in [1.29, 1.82) is 0 Å². The first-order chi connectivity index (χ1) is 15.0. The molecule has 2 fully saturated rings. The van der Waals surface area contributed by atoms with Gasteiger partial charge in [-0.15, -0.1) is 0 Å². The number of likely N-dealkylation sites (tertiary alicyclic amines) is 1. The summed E-state index contributed by atoms with van der Waals surface area (Å²) in [5, 5.41) is 6.67. The fourth-order valence-electron chi connectivity index (χ4n) is 4.18. The van der Waals surface area contributed by atoms with E-state index in [1.54, 1.807) is 40.0 Å². The highest BCUT2D eigenvalue weighted by Crippen LogP contribution is 2.36. The smallest absolute Gasteiger partial charge is 0.257 e. The van der Waals surface area contributed by atoms with E-state index in [4.69, 9.17) is 16.3 Å². The van der Waals surface area contributed by atoms with Crippen molar-refractivity contribution in [2.45, 2.75) is 18.9 Å². The van der Waals surface area contributed by atoms with Crippen LogP contribution in [0.2, 0.25) is 5.02 Å². The van der Waals surface area contributed by atoms with Crippen LogP contribution in [0.1, 0.15) is 22.3 Å². The average molecular weight is 444 g/mol. The van der Waals surface area contributed by atoms with Gasteiger partial charge in [0.05, 0.1) is 30.0 Å². The molecular formula is C22H23ClFN5O2. The molecule has 2 saturated heterocycles. The lowest BCUT2D eigenvalue weighted by molar-refractivity contribution is -0.119.